The third-order valence-electron chi connectivity index (χ3n) is 1.18. The van der Waals surface area contributed by atoms with Crippen LogP contribution in [0.3, 0.4) is 0 Å². The van der Waals surface area contributed by atoms with Crippen molar-refractivity contribution >= 4 is 10.4 Å². The van der Waals surface area contributed by atoms with Crippen molar-refractivity contribution in [2.45, 2.75) is 39.2 Å². The largest absolute Gasteiger partial charge is 0.394 e. The second-order valence-corrected chi connectivity index (χ2v) is 3.30. The number of hydrogen-bond acceptors (Lipinski definition) is 3. The summed E-state index contributed by atoms with van der Waals surface area (Å²) in [5.74, 6) is 0. The zero-order chi connectivity index (χ0) is 10.2. The van der Waals surface area contributed by atoms with Gasteiger partial charge in [0.2, 0.25) is 0 Å². The smallest absolute Gasteiger partial charge is 0.328 e. The molecule has 0 spiro atoms. The summed E-state index contributed by atoms with van der Waals surface area (Å²) in [6.45, 7) is 4.29. The Labute approximate surface area is 73.5 Å². The SMILES string of the molecule is CCCC(N)CC.O=S(=O)(O)O. The first-order valence-corrected chi connectivity index (χ1v) is 5.16. The van der Waals surface area contributed by atoms with E-state index in [1.165, 1.54) is 12.8 Å². The Morgan fingerprint density at radius 2 is 1.67 bits per heavy atom. The Balaban J connectivity index is 0. The summed E-state index contributed by atoms with van der Waals surface area (Å²) in [6, 6.07) is 0.449. The van der Waals surface area contributed by atoms with Crippen molar-refractivity contribution in [2.75, 3.05) is 0 Å². The summed E-state index contributed by atoms with van der Waals surface area (Å²) in [5, 5.41) is 0. The van der Waals surface area contributed by atoms with Gasteiger partial charge in [0.25, 0.3) is 0 Å². The lowest BCUT2D eigenvalue weighted by atomic mass is 10.1. The highest BCUT2D eigenvalue weighted by atomic mass is 32.3. The van der Waals surface area contributed by atoms with Crippen LogP contribution in [0.15, 0.2) is 0 Å². The normalized spacial score (nSPS) is 13.1. The van der Waals surface area contributed by atoms with Gasteiger partial charge in [-0.2, -0.15) is 8.42 Å². The summed E-state index contributed by atoms with van der Waals surface area (Å²) >= 11 is 0. The van der Waals surface area contributed by atoms with Crippen LogP contribution < -0.4 is 5.73 Å². The van der Waals surface area contributed by atoms with Gasteiger partial charge in [0, 0.05) is 6.04 Å². The molecule has 0 aromatic rings. The lowest BCUT2D eigenvalue weighted by molar-refractivity contribution is 0.381. The summed E-state index contributed by atoms with van der Waals surface area (Å²) < 4.78 is 31.6. The van der Waals surface area contributed by atoms with Gasteiger partial charge in [-0.25, -0.2) is 0 Å². The van der Waals surface area contributed by atoms with Crippen LogP contribution >= 0.6 is 0 Å². The molecule has 0 amide bonds. The third-order valence-corrected chi connectivity index (χ3v) is 1.18. The molecule has 6 heteroatoms. The van der Waals surface area contributed by atoms with Crippen molar-refractivity contribution in [1.29, 1.82) is 0 Å². The maximum absolute atomic E-state index is 8.74. The number of nitrogens with two attached hydrogens (primary N) is 1. The van der Waals surface area contributed by atoms with Crippen molar-refractivity contribution < 1.29 is 17.5 Å². The molecule has 0 saturated carbocycles. The maximum Gasteiger partial charge on any atom is 0.394 e. The van der Waals surface area contributed by atoms with Crippen molar-refractivity contribution in [2.24, 2.45) is 5.73 Å². The van der Waals surface area contributed by atoms with Gasteiger partial charge >= 0.3 is 10.4 Å². The average molecular weight is 199 g/mol. The molecule has 76 valence electrons. The van der Waals surface area contributed by atoms with Gasteiger partial charge in [0.1, 0.15) is 0 Å². The van der Waals surface area contributed by atoms with E-state index < -0.39 is 10.4 Å². The molecule has 0 aliphatic carbocycles. The Bertz CT molecular complexity index is 170. The summed E-state index contributed by atoms with van der Waals surface area (Å²) in [4.78, 5) is 0. The Hall–Kier alpha value is -0.170. The predicted octanol–water partition coefficient (Wildman–Crippen LogP) is 0.871. The van der Waals surface area contributed by atoms with Gasteiger partial charge < -0.3 is 5.73 Å². The summed E-state index contributed by atoms with van der Waals surface area (Å²) in [5.41, 5.74) is 5.58. The minimum atomic E-state index is -4.67. The van der Waals surface area contributed by atoms with E-state index >= 15 is 0 Å². The third kappa shape index (κ3) is 32.9. The molecule has 0 heterocycles. The molecule has 0 aromatic heterocycles. The molecule has 4 N–H and O–H groups in total. The first-order chi connectivity index (χ1) is 5.31. The quantitative estimate of drug-likeness (QED) is 0.585. The number of hydrogen-bond donors (Lipinski definition) is 3. The standard InChI is InChI=1S/C6H15N.H2O4S/c1-3-5-6(7)4-2;1-5(2,3)4/h6H,3-5,7H2,1-2H3;(H2,1,2,3,4). The molecular weight excluding hydrogens is 182 g/mol. The molecule has 5 nitrogen and oxygen atoms in total. The zero-order valence-electron chi connectivity index (χ0n) is 7.40. The van der Waals surface area contributed by atoms with E-state index in [4.69, 9.17) is 23.3 Å². The first-order valence-electron chi connectivity index (χ1n) is 3.76. The van der Waals surface area contributed by atoms with E-state index in [-0.39, 0.29) is 0 Å². The molecule has 0 aromatic carbocycles. The first kappa shape index (κ1) is 14.4. The van der Waals surface area contributed by atoms with E-state index in [1.54, 1.807) is 0 Å². The fourth-order valence-corrected chi connectivity index (χ4v) is 0.575. The maximum atomic E-state index is 8.74. The molecule has 1 atom stereocenters. The lowest BCUT2D eigenvalue weighted by Gasteiger charge is -2.03. The highest BCUT2D eigenvalue weighted by Gasteiger charge is 1.92. The van der Waals surface area contributed by atoms with Crippen molar-refractivity contribution in [3.05, 3.63) is 0 Å². The Kier molecular flexibility index (Phi) is 8.95. The molecule has 12 heavy (non-hydrogen) atoms. The summed E-state index contributed by atoms with van der Waals surface area (Å²) in [7, 11) is -4.67. The van der Waals surface area contributed by atoms with Gasteiger partial charge in [0.15, 0.2) is 0 Å². The van der Waals surface area contributed by atoms with Crippen molar-refractivity contribution in [3.63, 3.8) is 0 Å². The van der Waals surface area contributed by atoms with Crippen LogP contribution in [0.4, 0.5) is 0 Å². The van der Waals surface area contributed by atoms with Crippen LogP contribution in [-0.4, -0.2) is 23.6 Å². The fraction of sp³-hybridized carbons (Fsp3) is 1.00. The Morgan fingerprint density at radius 3 is 1.75 bits per heavy atom. The van der Waals surface area contributed by atoms with Crippen LogP contribution in [0.2, 0.25) is 0 Å². The molecule has 0 fully saturated rings. The minimum Gasteiger partial charge on any atom is -0.328 e. The van der Waals surface area contributed by atoms with E-state index in [0.717, 1.165) is 6.42 Å². The molecule has 0 radical (unpaired) electrons. The monoisotopic (exact) mass is 199 g/mol. The van der Waals surface area contributed by atoms with Gasteiger partial charge in [-0.1, -0.05) is 20.3 Å². The molecule has 0 bridgehead atoms. The van der Waals surface area contributed by atoms with Gasteiger partial charge in [-0.15, -0.1) is 0 Å². The van der Waals surface area contributed by atoms with E-state index in [0.29, 0.717) is 6.04 Å². The summed E-state index contributed by atoms with van der Waals surface area (Å²) in [6.07, 6.45) is 3.51. The van der Waals surface area contributed by atoms with Crippen LogP contribution in [0.1, 0.15) is 33.1 Å². The van der Waals surface area contributed by atoms with Crippen molar-refractivity contribution in [1.82, 2.24) is 0 Å². The lowest BCUT2D eigenvalue weighted by Crippen LogP contribution is -2.17. The van der Waals surface area contributed by atoms with Gasteiger partial charge in [-0.3, -0.25) is 9.11 Å². The van der Waals surface area contributed by atoms with Crippen LogP contribution in [-0.2, 0) is 10.4 Å². The molecule has 1 unspecified atom stereocenters. The van der Waals surface area contributed by atoms with Crippen LogP contribution in [0.5, 0.6) is 0 Å². The highest BCUT2D eigenvalue weighted by molar-refractivity contribution is 7.79. The minimum absolute atomic E-state index is 0.449. The predicted molar refractivity (Wildman–Crippen MR) is 47.4 cm³/mol. The van der Waals surface area contributed by atoms with E-state index in [2.05, 4.69) is 13.8 Å². The molecule has 0 saturated heterocycles. The molecule has 0 rings (SSSR count). The zero-order valence-corrected chi connectivity index (χ0v) is 8.21. The van der Waals surface area contributed by atoms with Crippen molar-refractivity contribution in [3.8, 4) is 0 Å². The molecular formula is C6H17NO4S. The van der Waals surface area contributed by atoms with Gasteiger partial charge in [0.05, 0.1) is 0 Å². The number of rotatable bonds is 3. The van der Waals surface area contributed by atoms with Crippen LogP contribution in [0, 0.1) is 0 Å². The van der Waals surface area contributed by atoms with Gasteiger partial charge in [-0.05, 0) is 12.8 Å². The fourth-order valence-electron chi connectivity index (χ4n) is 0.575. The highest BCUT2D eigenvalue weighted by Crippen LogP contribution is 1.95. The second-order valence-electron chi connectivity index (χ2n) is 2.40. The Morgan fingerprint density at radius 1 is 1.33 bits per heavy atom. The average Bonchev–Trinajstić information content (AvgIpc) is 1.85. The topological polar surface area (TPSA) is 101 Å². The molecule has 0 aliphatic heterocycles. The van der Waals surface area contributed by atoms with Crippen LogP contribution in [0.25, 0.3) is 0 Å². The second kappa shape index (κ2) is 7.48. The van der Waals surface area contributed by atoms with E-state index in [9.17, 15) is 0 Å². The van der Waals surface area contributed by atoms with E-state index in [1.807, 2.05) is 0 Å². The molecule has 0 aliphatic rings.